The van der Waals surface area contributed by atoms with Crippen molar-refractivity contribution >= 4 is 12.1 Å². The lowest BCUT2D eigenvalue weighted by Gasteiger charge is -2.12. The van der Waals surface area contributed by atoms with Crippen molar-refractivity contribution in [3.05, 3.63) is 41.5 Å². The van der Waals surface area contributed by atoms with E-state index >= 15 is 0 Å². The van der Waals surface area contributed by atoms with E-state index in [0.717, 1.165) is 19.3 Å². The Labute approximate surface area is 145 Å². The molecule has 0 heterocycles. The summed E-state index contributed by atoms with van der Waals surface area (Å²) in [6.45, 7) is -2.42. The van der Waals surface area contributed by atoms with Gasteiger partial charge in [-0.2, -0.15) is 8.78 Å². The molecule has 1 N–H and O–H groups in total. The monoisotopic (exact) mass is 352 g/mol. The molecule has 0 atom stereocenters. The molecule has 0 aromatic heterocycles. The summed E-state index contributed by atoms with van der Waals surface area (Å²) in [5.41, 5.74) is 2.05. The number of alkyl halides is 2. The van der Waals surface area contributed by atoms with E-state index in [1.165, 1.54) is 36.8 Å². The Hall–Kier alpha value is -2.44. The number of oxime groups is 1. The van der Waals surface area contributed by atoms with Crippen molar-refractivity contribution in [2.24, 2.45) is 5.16 Å². The zero-order chi connectivity index (χ0) is 17.9. The van der Waals surface area contributed by atoms with Gasteiger partial charge in [0.1, 0.15) is 5.75 Å². The Kier molecular flexibility index (Phi) is 7.88. The molecule has 1 aliphatic carbocycles. The third-order valence-corrected chi connectivity index (χ3v) is 3.73. The van der Waals surface area contributed by atoms with Crippen LogP contribution in [0.2, 0.25) is 0 Å². The molecule has 0 aliphatic heterocycles. The quantitative estimate of drug-likeness (QED) is 0.419. The average Bonchev–Trinajstić information content (AvgIpc) is 2.60. The Bertz CT molecular complexity index is 601. The van der Waals surface area contributed by atoms with Gasteiger partial charge >= 0.3 is 6.61 Å². The van der Waals surface area contributed by atoms with E-state index in [0.29, 0.717) is 12.1 Å². The van der Waals surface area contributed by atoms with Crippen LogP contribution in [0.1, 0.15) is 37.7 Å². The Morgan fingerprint density at radius 2 is 2.08 bits per heavy atom. The largest absolute Gasteiger partial charge is 0.435 e. The third-order valence-electron chi connectivity index (χ3n) is 3.73. The molecule has 1 aliphatic rings. The smallest absolute Gasteiger partial charge is 0.387 e. The first kappa shape index (κ1) is 18.9. The second kappa shape index (κ2) is 10.4. The van der Waals surface area contributed by atoms with Crippen LogP contribution in [0.15, 0.2) is 41.1 Å². The lowest BCUT2D eigenvalue weighted by molar-refractivity contribution is -0.125. The highest BCUT2D eigenvalue weighted by molar-refractivity contribution is 5.80. The van der Waals surface area contributed by atoms with Gasteiger partial charge in [-0.25, -0.2) is 0 Å². The number of carbonyl (C=O) groups excluding carboxylic acids is 1. The van der Waals surface area contributed by atoms with E-state index in [2.05, 4.69) is 21.3 Å². The number of amides is 1. The first-order valence-electron chi connectivity index (χ1n) is 8.28. The normalized spacial score (nSPS) is 14.4. The van der Waals surface area contributed by atoms with Gasteiger partial charge in [0.15, 0.2) is 6.61 Å². The van der Waals surface area contributed by atoms with Gasteiger partial charge in [0.05, 0.1) is 6.21 Å². The zero-order valence-electron chi connectivity index (χ0n) is 13.9. The predicted octanol–water partition coefficient (Wildman–Crippen LogP) is 3.65. The second-order valence-corrected chi connectivity index (χ2v) is 5.66. The summed E-state index contributed by atoms with van der Waals surface area (Å²) in [7, 11) is 0. The van der Waals surface area contributed by atoms with Gasteiger partial charge in [0, 0.05) is 6.54 Å². The molecule has 0 spiro atoms. The minimum atomic E-state index is -2.85. The molecule has 0 radical (unpaired) electrons. The number of nitrogens with one attached hydrogen (secondary N) is 1. The van der Waals surface area contributed by atoms with E-state index in [9.17, 15) is 13.6 Å². The molecule has 0 unspecified atom stereocenters. The van der Waals surface area contributed by atoms with E-state index in [1.807, 2.05) is 0 Å². The van der Waals surface area contributed by atoms with E-state index in [4.69, 9.17) is 4.84 Å². The summed E-state index contributed by atoms with van der Waals surface area (Å²) in [6.07, 6.45) is 9.27. The molecule has 1 aromatic rings. The van der Waals surface area contributed by atoms with Crippen LogP contribution in [-0.2, 0) is 9.63 Å². The molecular weight excluding hydrogens is 330 g/mol. The van der Waals surface area contributed by atoms with E-state index < -0.39 is 6.61 Å². The first-order chi connectivity index (χ1) is 12.1. The van der Waals surface area contributed by atoms with Crippen LogP contribution in [0.5, 0.6) is 5.75 Å². The average molecular weight is 352 g/mol. The summed E-state index contributed by atoms with van der Waals surface area (Å²) in [4.78, 5) is 16.6. The number of nitrogens with zero attached hydrogens (tertiary/aromatic N) is 1. The standard InChI is InChI=1S/C18H22F2N2O3/c19-18(20)25-16-8-6-15(7-9-16)12-22-24-13-17(23)21-11-10-14-4-2-1-3-5-14/h4,6-9,12,18H,1-3,5,10-11,13H2,(H,21,23)/b22-12+. The molecule has 5 nitrogen and oxygen atoms in total. The molecule has 0 fully saturated rings. The van der Waals surface area contributed by atoms with Gasteiger partial charge in [-0.05, 0) is 61.9 Å². The Balaban J connectivity index is 1.61. The highest BCUT2D eigenvalue weighted by Crippen LogP contribution is 2.19. The molecule has 2 rings (SSSR count). The van der Waals surface area contributed by atoms with Crippen LogP contribution in [0, 0.1) is 0 Å². The van der Waals surface area contributed by atoms with E-state index in [-0.39, 0.29) is 18.3 Å². The van der Waals surface area contributed by atoms with Crippen molar-refractivity contribution in [3.63, 3.8) is 0 Å². The van der Waals surface area contributed by atoms with Crippen molar-refractivity contribution in [2.45, 2.75) is 38.7 Å². The maximum Gasteiger partial charge on any atom is 0.387 e. The van der Waals surface area contributed by atoms with Crippen LogP contribution in [-0.4, -0.2) is 31.9 Å². The molecule has 25 heavy (non-hydrogen) atoms. The first-order valence-corrected chi connectivity index (χ1v) is 8.28. The lowest BCUT2D eigenvalue weighted by Crippen LogP contribution is -2.28. The number of rotatable bonds is 9. The van der Waals surface area contributed by atoms with Gasteiger partial charge in [0.2, 0.25) is 0 Å². The third kappa shape index (κ3) is 7.78. The SMILES string of the molecule is O=C(CO/N=C/c1ccc(OC(F)F)cc1)NCCC1=CCCCC1. The highest BCUT2D eigenvalue weighted by Gasteiger charge is 2.05. The van der Waals surface area contributed by atoms with Crippen molar-refractivity contribution in [2.75, 3.05) is 13.2 Å². The van der Waals surface area contributed by atoms with Crippen LogP contribution in [0.25, 0.3) is 0 Å². The fourth-order valence-electron chi connectivity index (χ4n) is 2.47. The number of allylic oxidation sites excluding steroid dienone is 1. The van der Waals surface area contributed by atoms with Crippen molar-refractivity contribution in [3.8, 4) is 5.75 Å². The molecule has 0 saturated heterocycles. The Morgan fingerprint density at radius 1 is 1.28 bits per heavy atom. The summed E-state index contributed by atoms with van der Waals surface area (Å²) in [5.74, 6) is -0.158. The second-order valence-electron chi connectivity index (χ2n) is 5.66. The molecule has 1 amide bonds. The molecule has 136 valence electrons. The number of benzene rings is 1. The minimum absolute atomic E-state index is 0.0699. The highest BCUT2D eigenvalue weighted by atomic mass is 19.3. The molecule has 1 aromatic carbocycles. The van der Waals surface area contributed by atoms with E-state index in [1.54, 1.807) is 12.1 Å². The van der Waals surface area contributed by atoms with Gasteiger partial charge in [-0.3, -0.25) is 4.79 Å². The molecular formula is C18H22F2N2O3. The molecule has 7 heteroatoms. The van der Waals surface area contributed by atoms with Crippen molar-refractivity contribution in [1.29, 1.82) is 0 Å². The maximum atomic E-state index is 12.0. The summed E-state index contributed by atoms with van der Waals surface area (Å²) in [5, 5.41) is 6.47. The van der Waals surface area contributed by atoms with Crippen LogP contribution in [0.4, 0.5) is 8.78 Å². The molecule has 0 saturated carbocycles. The van der Waals surface area contributed by atoms with Crippen LogP contribution >= 0.6 is 0 Å². The molecule has 0 bridgehead atoms. The van der Waals surface area contributed by atoms with Gasteiger partial charge < -0.3 is 14.9 Å². The topological polar surface area (TPSA) is 59.9 Å². The fraction of sp³-hybridized carbons (Fsp3) is 0.444. The van der Waals surface area contributed by atoms with Gasteiger partial charge in [-0.15, -0.1) is 0 Å². The van der Waals surface area contributed by atoms with Crippen molar-refractivity contribution < 1.29 is 23.1 Å². The lowest BCUT2D eigenvalue weighted by atomic mass is 9.97. The Morgan fingerprint density at radius 3 is 2.76 bits per heavy atom. The number of hydrogen-bond donors (Lipinski definition) is 1. The number of halogens is 2. The van der Waals surface area contributed by atoms with Gasteiger partial charge in [-0.1, -0.05) is 16.8 Å². The zero-order valence-corrected chi connectivity index (χ0v) is 13.9. The minimum Gasteiger partial charge on any atom is -0.435 e. The maximum absolute atomic E-state index is 12.0. The number of carbonyl (C=O) groups is 1. The number of hydrogen-bond acceptors (Lipinski definition) is 4. The summed E-state index contributed by atoms with van der Waals surface area (Å²) < 4.78 is 28.3. The van der Waals surface area contributed by atoms with Crippen molar-refractivity contribution in [1.82, 2.24) is 5.32 Å². The fourth-order valence-corrected chi connectivity index (χ4v) is 2.47. The summed E-state index contributed by atoms with van der Waals surface area (Å²) >= 11 is 0. The van der Waals surface area contributed by atoms with Gasteiger partial charge in [0.25, 0.3) is 5.91 Å². The van der Waals surface area contributed by atoms with Crippen LogP contribution in [0.3, 0.4) is 0 Å². The van der Waals surface area contributed by atoms with Crippen LogP contribution < -0.4 is 10.1 Å². The summed E-state index contributed by atoms with van der Waals surface area (Å²) in [6, 6.07) is 5.92. The number of ether oxygens (including phenoxy) is 1. The predicted molar refractivity (Wildman–Crippen MR) is 90.8 cm³/mol.